The highest BCUT2D eigenvalue weighted by Gasteiger charge is 2.20. The number of carbonyl (C=O) groups excluding carboxylic acids is 1. The third-order valence-electron chi connectivity index (χ3n) is 6.28. The number of carbonyl (C=O) groups is 1. The van der Waals surface area contributed by atoms with Crippen molar-refractivity contribution in [3.8, 4) is 11.9 Å². The van der Waals surface area contributed by atoms with Gasteiger partial charge in [-0.2, -0.15) is 15.1 Å². The molecule has 1 heterocycles. The van der Waals surface area contributed by atoms with Crippen LogP contribution in [0.3, 0.4) is 0 Å². The molecule has 1 aromatic carbocycles. The standard InChI is InChI=1S/C27H39N7O3/c1-5-7-9-10-11-12-23(29)33(4)25(35)20-13-15-21(16-14-20)31-32-24-19(3)22(18-28)26(36)34(27(24)37)30-17-8-6-2/h13-16,23,30,36H,5-12,17,29H2,1-4H3. The van der Waals surface area contributed by atoms with Gasteiger partial charge in [-0.25, -0.2) is 0 Å². The van der Waals surface area contributed by atoms with Crippen LogP contribution in [-0.4, -0.2) is 40.3 Å². The number of nitriles is 1. The quantitative estimate of drug-likeness (QED) is 0.181. The Balaban J connectivity index is 2.16. The monoisotopic (exact) mass is 509 g/mol. The zero-order valence-corrected chi connectivity index (χ0v) is 22.3. The summed E-state index contributed by atoms with van der Waals surface area (Å²) < 4.78 is 0.931. The van der Waals surface area contributed by atoms with Gasteiger partial charge in [-0.05, 0) is 44.0 Å². The van der Waals surface area contributed by atoms with Crippen LogP contribution in [0.25, 0.3) is 0 Å². The fraction of sp³-hybridized carbons (Fsp3) is 0.519. The van der Waals surface area contributed by atoms with Gasteiger partial charge in [-0.3, -0.25) is 9.59 Å². The van der Waals surface area contributed by atoms with E-state index in [0.717, 1.165) is 36.8 Å². The first-order chi connectivity index (χ1) is 17.8. The Morgan fingerprint density at radius 3 is 2.41 bits per heavy atom. The van der Waals surface area contributed by atoms with E-state index in [1.165, 1.54) is 26.2 Å². The molecule has 0 bridgehead atoms. The second-order valence-electron chi connectivity index (χ2n) is 9.12. The number of nitrogens with one attached hydrogen (secondary N) is 1. The van der Waals surface area contributed by atoms with Gasteiger partial charge < -0.3 is 21.2 Å². The van der Waals surface area contributed by atoms with E-state index in [1.807, 2.05) is 13.0 Å². The minimum absolute atomic E-state index is 0.0526. The second kappa shape index (κ2) is 14.8. The number of nitrogens with two attached hydrogens (primary N) is 1. The van der Waals surface area contributed by atoms with Gasteiger partial charge in [0.05, 0.1) is 11.9 Å². The van der Waals surface area contributed by atoms with Gasteiger partial charge in [0, 0.05) is 24.7 Å². The summed E-state index contributed by atoms with van der Waals surface area (Å²) in [5.74, 6) is -0.634. The predicted molar refractivity (Wildman–Crippen MR) is 145 cm³/mol. The summed E-state index contributed by atoms with van der Waals surface area (Å²) in [6, 6.07) is 8.44. The van der Waals surface area contributed by atoms with Crippen LogP contribution in [0.15, 0.2) is 39.3 Å². The number of azo groups is 1. The normalized spacial score (nSPS) is 11.9. The van der Waals surface area contributed by atoms with Crippen LogP contribution in [0.2, 0.25) is 0 Å². The van der Waals surface area contributed by atoms with Gasteiger partial charge in [0.25, 0.3) is 11.5 Å². The Kier molecular flexibility index (Phi) is 11.8. The van der Waals surface area contributed by atoms with Crippen molar-refractivity contribution in [1.29, 1.82) is 5.26 Å². The first-order valence-corrected chi connectivity index (χ1v) is 12.9. The average Bonchev–Trinajstić information content (AvgIpc) is 2.90. The molecular formula is C27H39N7O3. The van der Waals surface area contributed by atoms with Crippen molar-refractivity contribution in [2.45, 2.75) is 78.3 Å². The Morgan fingerprint density at radius 1 is 1.14 bits per heavy atom. The number of benzene rings is 1. The molecule has 0 saturated carbocycles. The van der Waals surface area contributed by atoms with Crippen LogP contribution in [0.5, 0.6) is 5.88 Å². The summed E-state index contributed by atoms with van der Waals surface area (Å²) >= 11 is 0. The number of pyridine rings is 1. The van der Waals surface area contributed by atoms with E-state index in [4.69, 9.17) is 5.73 Å². The zero-order chi connectivity index (χ0) is 27.4. The molecule has 1 amide bonds. The van der Waals surface area contributed by atoms with Crippen molar-refractivity contribution >= 4 is 17.3 Å². The van der Waals surface area contributed by atoms with Crippen molar-refractivity contribution in [3.05, 3.63) is 51.3 Å². The highest BCUT2D eigenvalue weighted by Crippen LogP contribution is 2.26. The minimum Gasteiger partial charge on any atom is -0.492 e. The lowest BCUT2D eigenvalue weighted by molar-refractivity contribution is 0.0726. The highest BCUT2D eigenvalue weighted by atomic mass is 16.3. The first-order valence-electron chi connectivity index (χ1n) is 12.9. The third kappa shape index (κ3) is 7.89. The number of amides is 1. The van der Waals surface area contributed by atoms with Gasteiger partial charge in [-0.15, -0.1) is 5.11 Å². The second-order valence-corrected chi connectivity index (χ2v) is 9.12. The molecule has 2 rings (SSSR count). The predicted octanol–water partition coefficient (Wildman–Crippen LogP) is 5.21. The van der Waals surface area contributed by atoms with E-state index in [2.05, 4.69) is 22.6 Å². The summed E-state index contributed by atoms with van der Waals surface area (Å²) in [6.45, 7) is 6.16. The van der Waals surface area contributed by atoms with Crippen molar-refractivity contribution < 1.29 is 9.90 Å². The number of aromatic nitrogens is 1. The van der Waals surface area contributed by atoms with Crippen LogP contribution in [0.1, 0.15) is 86.7 Å². The molecule has 0 aliphatic rings. The van der Waals surface area contributed by atoms with Crippen molar-refractivity contribution in [2.75, 3.05) is 19.0 Å². The lowest BCUT2D eigenvalue weighted by atomic mass is 10.1. The molecule has 2 aromatic rings. The molecular weight excluding hydrogens is 470 g/mol. The minimum atomic E-state index is -0.606. The topological polar surface area (TPSA) is 149 Å². The molecule has 1 aromatic heterocycles. The summed E-state index contributed by atoms with van der Waals surface area (Å²) in [7, 11) is 1.70. The molecule has 0 spiro atoms. The molecule has 37 heavy (non-hydrogen) atoms. The van der Waals surface area contributed by atoms with Gasteiger partial charge in [0.2, 0.25) is 5.88 Å². The average molecular weight is 510 g/mol. The van der Waals surface area contributed by atoms with Gasteiger partial charge >= 0.3 is 0 Å². The molecule has 0 aliphatic carbocycles. The number of aromatic hydroxyl groups is 1. The fourth-order valence-electron chi connectivity index (χ4n) is 3.81. The number of nitrogens with zero attached hydrogens (tertiary/aromatic N) is 5. The van der Waals surface area contributed by atoms with E-state index in [-0.39, 0.29) is 28.9 Å². The third-order valence-corrected chi connectivity index (χ3v) is 6.28. The summed E-state index contributed by atoms with van der Waals surface area (Å²) in [4.78, 5) is 27.3. The largest absolute Gasteiger partial charge is 0.492 e. The molecule has 0 radical (unpaired) electrons. The maximum Gasteiger partial charge on any atom is 0.300 e. The summed E-state index contributed by atoms with van der Waals surface area (Å²) in [5, 5.41) is 28.1. The van der Waals surface area contributed by atoms with Crippen LogP contribution in [-0.2, 0) is 0 Å². The van der Waals surface area contributed by atoms with E-state index < -0.39 is 11.4 Å². The van der Waals surface area contributed by atoms with E-state index in [1.54, 1.807) is 36.2 Å². The molecule has 10 heteroatoms. The van der Waals surface area contributed by atoms with Gasteiger partial charge in [-0.1, -0.05) is 52.4 Å². The Hall–Kier alpha value is -3.71. The van der Waals surface area contributed by atoms with Crippen LogP contribution in [0, 0.1) is 18.3 Å². The van der Waals surface area contributed by atoms with Crippen molar-refractivity contribution in [1.82, 2.24) is 9.58 Å². The molecule has 0 fully saturated rings. The summed E-state index contributed by atoms with van der Waals surface area (Å²) in [5.41, 5.74) is 9.47. The smallest absolute Gasteiger partial charge is 0.300 e. The molecule has 4 N–H and O–H groups in total. The van der Waals surface area contributed by atoms with Crippen molar-refractivity contribution in [3.63, 3.8) is 0 Å². The Labute approximate surface area is 218 Å². The van der Waals surface area contributed by atoms with E-state index >= 15 is 0 Å². The van der Waals surface area contributed by atoms with E-state index in [0.29, 0.717) is 17.8 Å². The van der Waals surface area contributed by atoms with Gasteiger partial charge in [0.15, 0.2) is 5.69 Å². The number of hydrogen-bond acceptors (Lipinski definition) is 8. The van der Waals surface area contributed by atoms with Crippen LogP contribution >= 0.6 is 0 Å². The van der Waals surface area contributed by atoms with Crippen LogP contribution in [0.4, 0.5) is 11.4 Å². The molecule has 1 atom stereocenters. The van der Waals surface area contributed by atoms with E-state index in [9.17, 15) is 20.0 Å². The lowest BCUT2D eigenvalue weighted by Crippen LogP contribution is -2.43. The maximum absolute atomic E-state index is 12.9. The SMILES string of the molecule is CCCCCCCC(N)N(C)C(=O)c1ccc(N=Nc2c(C)c(C#N)c(O)n(NCCCC)c2=O)cc1. The summed E-state index contributed by atoms with van der Waals surface area (Å²) in [6.07, 6.45) is 7.75. The number of unbranched alkanes of at least 4 members (excludes halogenated alkanes) is 5. The first kappa shape index (κ1) is 29.5. The molecule has 10 nitrogen and oxygen atoms in total. The zero-order valence-electron chi connectivity index (χ0n) is 22.3. The van der Waals surface area contributed by atoms with Crippen molar-refractivity contribution in [2.24, 2.45) is 16.0 Å². The lowest BCUT2D eigenvalue weighted by Gasteiger charge is -2.25. The number of hydrogen-bond donors (Lipinski definition) is 3. The van der Waals surface area contributed by atoms with Gasteiger partial charge in [0.1, 0.15) is 11.6 Å². The fourth-order valence-corrected chi connectivity index (χ4v) is 3.81. The molecule has 200 valence electrons. The molecule has 0 aliphatic heterocycles. The molecule has 0 saturated heterocycles. The Morgan fingerprint density at radius 2 is 1.78 bits per heavy atom. The maximum atomic E-state index is 12.9. The van der Waals surface area contributed by atoms with Crippen LogP contribution < -0.4 is 16.7 Å². The number of rotatable bonds is 14. The molecule has 1 unspecified atom stereocenters. The Bertz CT molecular complexity index is 1170. The highest BCUT2D eigenvalue weighted by molar-refractivity contribution is 5.94.